The van der Waals surface area contributed by atoms with Gasteiger partial charge in [-0.25, -0.2) is 24.2 Å². The minimum absolute atomic E-state index is 0. The van der Waals surface area contributed by atoms with E-state index in [9.17, 15) is 43.5 Å². The van der Waals surface area contributed by atoms with Crippen molar-refractivity contribution in [2.75, 3.05) is 39.4 Å². The van der Waals surface area contributed by atoms with Crippen LogP contribution in [0.1, 0.15) is 35.5 Å². The number of benzene rings is 2. The zero-order chi connectivity index (χ0) is 46.9. The van der Waals surface area contributed by atoms with Gasteiger partial charge in [0.15, 0.2) is 5.91 Å². The van der Waals surface area contributed by atoms with Crippen LogP contribution in [-0.2, 0) is 76.7 Å². The second-order valence-corrected chi connectivity index (χ2v) is 14.9. The summed E-state index contributed by atoms with van der Waals surface area (Å²) < 4.78 is 25.1. The standard InChI is InChI=1S/C44H45N5O14S.Zn/c1-7-32(51)62-20-28(21-63-33(52)8-2)45-24(3)40(53)48-38-36(43(57)59-5)34(26-15-11-9-12-16-26)29(46-38)19-30-35(27-17-13-10-14-18-27)37(44(58)60-6)39(47-30)49-41(54)25(4)64-31(42(55)56)22-61-23-50;/h7-19,23-25,28,31,45H,1-2,20-22H2,3-6H3,(H4,46,47,48,49,53,54,55,56,57,58);/p-1. The van der Waals surface area contributed by atoms with Crippen LogP contribution >= 0.6 is 11.8 Å². The van der Waals surface area contributed by atoms with Gasteiger partial charge in [-0.15, -0.1) is 11.8 Å². The van der Waals surface area contributed by atoms with Crippen molar-refractivity contribution in [3.8, 4) is 11.1 Å². The smallest absolute Gasteiger partial charge is 0.342 e. The zero-order valence-electron chi connectivity index (χ0n) is 35.7. The molecule has 3 unspecified atom stereocenters. The van der Waals surface area contributed by atoms with Gasteiger partial charge in [-0.1, -0.05) is 73.8 Å². The van der Waals surface area contributed by atoms with Crippen molar-refractivity contribution in [2.45, 2.75) is 36.4 Å². The number of carboxylic acids is 1. The summed E-state index contributed by atoms with van der Waals surface area (Å²) in [4.78, 5) is 110. The molecule has 1 aliphatic rings. The normalized spacial score (nSPS) is 13.8. The Morgan fingerprint density at radius 2 is 1.38 bits per heavy atom. The topological polar surface area (TPSA) is 265 Å². The maximum atomic E-state index is 13.8. The van der Waals surface area contributed by atoms with E-state index in [0.29, 0.717) is 22.9 Å². The number of methoxy groups -OCH3 is 2. The van der Waals surface area contributed by atoms with E-state index in [-0.39, 0.29) is 84.5 Å². The van der Waals surface area contributed by atoms with Gasteiger partial charge < -0.3 is 44.4 Å². The van der Waals surface area contributed by atoms with E-state index < -0.39 is 70.9 Å². The number of ether oxygens (including phenoxy) is 5. The predicted octanol–water partition coefficient (Wildman–Crippen LogP) is 3.08. The van der Waals surface area contributed by atoms with Crippen molar-refractivity contribution in [3.05, 3.63) is 114 Å². The Balaban J connectivity index is 0.0000112. The van der Waals surface area contributed by atoms with Crippen LogP contribution in [0.3, 0.4) is 0 Å². The van der Waals surface area contributed by atoms with E-state index in [4.69, 9.17) is 18.9 Å². The van der Waals surface area contributed by atoms with Crippen molar-refractivity contribution in [3.63, 3.8) is 0 Å². The predicted molar refractivity (Wildman–Crippen MR) is 233 cm³/mol. The number of carbonyl (C=O) groups is 8. The van der Waals surface area contributed by atoms with Gasteiger partial charge in [0.1, 0.15) is 36.5 Å². The summed E-state index contributed by atoms with van der Waals surface area (Å²) in [6, 6.07) is 15.0. The number of carboxylic acid groups (broad SMARTS) is 1. The van der Waals surface area contributed by atoms with Crippen molar-refractivity contribution < 1.29 is 86.6 Å². The molecule has 4 rings (SSSR count). The minimum Gasteiger partial charge on any atom is -0.480 e. The first-order chi connectivity index (χ1) is 30.7. The molecule has 0 fully saturated rings. The molecular weight excluding hydrogens is 920 g/mol. The number of carbonyl (C=O) groups excluding carboxylic acids is 7. The van der Waals surface area contributed by atoms with Crippen LogP contribution < -0.4 is 20.9 Å². The average Bonchev–Trinajstić information content (AvgIpc) is 3.84. The van der Waals surface area contributed by atoms with Gasteiger partial charge in [-0.2, -0.15) is 0 Å². The Morgan fingerprint density at radius 3 is 1.91 bits per heavy atom. The zero-order valence-corrected chi connectivity index (χ0v) is 39.5. The Labute approximate surface area is 389 Å². The number of nitrogens with one attached hydrogen (secondary N) is 3. The maximum Gasteiger partial charge on any atom is 0.342 e. The quantitative estimate of drug-likeness (QED) is 0.0371. The van der Waals surface area contributed by atoms with E-state index in [1.807, 2.05) is 0 Å². The first kappa shape index (κ1) is 52.4. The number of hydrogen-bond donors (Lipinski definition) is 4. The maximum absolute atomic E-state index is 13.8. The molecular formula is C44H44N5O14SZn-. The molecule has 3 aromatic rings. The van der Waals surface area contributed by atoms with E-state index in [2.05, 4.69) is 43.8 Å². The molecule has 338 valence electrons. The fraction of sp³-hybridized carbons (Fsp3) is 0.250. The van der Waals surface area contributed by atoms with Crippen LogP contribution in [-0.4, -0.2) is 116 Å². The molecule has 0 saturated carbocycles. The molecule has 2 heterocycles. The van der Waals surface area contributed by atoms with E-state index in [1.54, 1.807) is 60.7 Å². The SMILES string of the molecule is C=CC(=O)OCC(COC(=O)C=C)NC(C)C(=O)NC1=N/C(=C\c2[n-]c(NC(=O)C(C)SC(COC=O)C(=O)O)c(C(=O)OC)c2-c2ccccc2)C(c2ccccc2)=C1C(=O)OC.[Zn]. The number of amides is 2. The number of aromatic nitrogens is 1. The van der Waals surface area contributed by atoms with Gasteiger partial charge in [0.05, 0.1) is 42.8 Å². The van der Waals surface area contributed by atoms with Crippen LogP contribution in [0.25, 0.3) is 22.8 Å². The molecule has 65 heavy (non-hydrogen) atoms. The van der Waals surface area contributed by atoms with E-state index >= 15 is 0 Å². The number of allylic oxidation sites excluding steroid dienone is 1. The third-order valence-corrected chi connectivity index (χ3v) is 10.3. The van der Waals surface area contributed by atoms with Crippen LogP contribution in [0.2, 0.25) is 0 Å². The largest absolute Gasteiger partial charge is 0.480 e. The van der Waals surface area contributed by atoms with Crippen LogP contribution in [0.15, 0.2) is 102 Å². The molecule has 0 radical (unpaired) electrons. The molecule has 0 bridgehead atoms. The summed E-state index contributed by atoms with van der Waals surface area (Å²) in [5.41, 5.74) is 1.03. The fourth-order valence-electron chi connectivity index (χ4n) is 5.98. The summed E-state index contributed by atoms with van der Waals surface area (Å²) >= 11 is 0.691. The molecule has 0 spiro atoms. The summed E-state index contributed by atoms with van der Waals surface area (Å²) in [7, 11) is 2.27. The molecule has 19 nitrogen and oxygen atoms in total. The minimum atomic E-state index is -1.33. The molecule has 2 amide bonds. The summed E-state index contributed by atoms with van der Waals surface area (Å²) in [6.07, 6.45) is 3.31. The van der Waals surface area contributed by atoms with Gasteiger partial charge in [-0.3, -0.25) is 24.5 Å². The molecule has 1 aromatic heterocycles. The Hall–Kier alpha value is -6.96. The van der Waals surface area contributed by atoms with Gasteiger partial charge in [0.2, 0.25) is 5.91 Å². The summed E-state index contributed by atoms with van der Waals surface area (Å²) in [5.74, 6) is -6.62. The van der Waals surface area contributed by atoms with Crippen molar-refractivity contribution in [1.82, 2.24) is 15.6 Å². The van der Waals surface area contributed by atoms with Crippen LogP contribution in [0.5, 0.6) is 0 Å². The molecule has 3 atom stereocenters. The number of esters is 4. The second-order valence-electron chi connectivity index (χ2n) is 13.3. The molecule has 0 saturated heterocycles. The van der Waals surface area contributed by atoms with Gasteiger partial charge in [0, 0.05) is 37.2 Å². The third kappa shape index (κ3) is 14.0. The molecule has 4 N–H and O–H groups in total. The van der Waals surface area contributed by atoms with Gasteiger partial charge in [-0.05, 0) is 48.1 Å². The number of rotatable bonds is 22. The number of thioether (sulfide) groups is 1. The third-order valence-electron chi connectivity index (χ3n) is 9.01. The van der Waals surface area contributed by atoms with E-state index in [1.165, 1.54) is 19.9 Å². The van der Waals surface area contributed by atoms with E-state index in [0.717, 1.165) is 26.4 Å². The first-order valence-corrected chi connectivity index (χ1v) is 20.0. The first-order valence-electron chi connectivity index (χ1n) is 19.1. The van der Waals surface area contributed by atoms with Crippen LogP contribution in [0.4, 0.5) is 5.82 Å². The molecule has 1 aliphatic heterocycles. The molecule has 2 aromatic carbocycles. The Bertz CT molecular complexity index is 2360. The van der Waals surface area contributed by atoms with Crippen LogP contribution in [0, 0.1) is 0 Å². The molecule has 21 heteroatoms. The Kier molecular flexibility index (Phi) is 20.4. The summed E-state index contributed by atoms with van der Waals surface area (Å²) in [5, 5.41) is 15.4. The fourth-order valence-corrected chi connectivity index (χ4v) is 6.93. The number of aliphatic imine (C=N–C) groups is 1. The summed E-state index contributed by atoms with van der Waals surface area (Å²) in [6.45, 7) is 8.51. The monoisotopic (exact) mass is 962 g/mol. The molecule has 0 aliphatic carbocycles. The van der Waals surface area contributed by atoms with Crippen molar-refractivity contribution in [1.29, 1.82) is 0 Å². The van der Waals surface area contributed by atoms with Crippen molar-refractivity contribution >= 4 is 83.2 Å². The number of amidine groups is 1. The second kappa shape index (κ2) is 25.4. The average molecular weight is 964 g/mol. The Morgan fingerprint density at radius 1 is 0.815 bits per heavy atom. The van der Waals surface area contributed by atoms with Crippen molar-refractivity contribution in [2.24, 2.45) is 4.99 Å². The number of anilines is 1. The number of nitrogens with zero attached hydrogens (tertiary/aromatic N) is 2. The number of aliphatic carboxylic acids is 1. The number of hydrogen-bond acceptors (Lipinski definition) is 16. The van der Waals surface area contributed by atoms with Gasteiger partial charge in [0.25, 0.3) is 6.47 Å². The van der Waals surface area contributed by atoms with Gasteiger partial charge >= 0.3 is 29.8 Å².